The van der Waals surface area contributed by atoms with Gasteiger partial charge in [-0.15, -0.1) is 0 Å². The number of fused-ring (bicyclic) bond motifs is 3. The van der Waals surface area contributed by atoms with Crippen molar-refractivity contribution in [1.29, 1.82) is 0 Å². The van der Waals surface area contributed by atoms with Crippen molar-refractivity contribution < 1.29 is 19.8 Å². The summed E-state index contributed by atoms with van der Waals surface area (Å²) in [5.41, 5.74) is 3.54. The van der Waals surface area contributed by atoms with Crippen molar-refractivity contribution in [1.82, 2.24) is 0 Å². The lowest BCUT2D eigenvalue weighted by molar-refractivity contribution is -0.138. The average Bonchev–Trinajstić information content (AvgIpc) is 3.03. The maximum atomic E-state index is 11.5. The number of carbonyl (C=O) groups is 2. The summed E-state index contributed by atoms with van der Waals surface area (Å²) < 4.78 is 0. The first-order valence-corrected chi connectivity index (χ1v) is 13.3. The highest BCUT2D eigenvalue weighted by Gasteiger charge is 2.63. The Balaban J connectivity index is 1.87. The van der Waals surface area contributed by atoms with Crippen LogP contribution in [0.4, 0.5) is 0 Å². The van der Waals surface area contributed by atoms with Gasteiger partial charge in [-0.2, -0.15) is 0 Å². The molecule has 0 aromatic heterocycles. The summed E-state index contributed by atoms with van der Waals surface area (Å²) in [4.78, 5) is 22.7. The summed E-state index contributed by atoms with van der Waals surface area (Å²) in [7, 11) is 0. The number of allylic oxidation sites excluding steroid dienone is 4. The van der Waals surface area contributed by atoms with Gasteiger partial charge >= 0.3 is 11.9 Å². The fraction of sp³-hybridized carbons (Fsp3) is 0.733. The fourth-order valence-electron chi connectivity index (χ4n) is 8.44. The van der Waals surface area contributed by atoms with E-state index >= 15 is 0 Å². The number of hydrogen-bond donors (Lipinski definition) is 2. The zero-order valence-corrected chi connectivity index (χ0v) is 22.2. The summed E-state index contributed by atoms with van der Waals surface area (Å²) in [5, 5.41) is 18.6. The molecule has 190 valence electrons. The molecule has 0 amide bonds. The van der Waals surface area contributed by atoms with Gasteiger partial charge in [0.1, 0.15) is 0 Å². The fourth-order valence-corrected chi connectivity index (χ4v) is 8.44. The Labute approximate surface area is 206 Å². The molecule has 0 heterocycles. The van der Waals surface area contributed by atoms with Crippen LogP contribution < -0.4 is 0 Å². The standard InChI is InChI=1S/C30H46O4/c1-19(2)22-11-12-25-24(28(22,5)16-15-26(31)32)14-18-29(6)23(13-17-30(25,29)7)20(3)9-8-10-21(4)27(33)34/h10,12,20,22-24H,1,8-9,11,13-18H2,2-7H3,(H,31,32)(H,33,34)/t20-,22?,23-,24-,28+,29-,30+/m1/s1. The van der Waals surface area contributed by atoms with Crippen molar-refractivity contribution in [3.8, 4) is 0 Å². The van der Waals surface area contributed by atoms with Crippen LogP contribution in [0.2, 0.25) is 0 Å². The van der Waals surface area contributed by atoms with E-state index in [2.05, 4.69) is 47.3 Å². The average molecular weight is 471 g/mol. The summed E-state index contributed by atoms with van der Waals surface area (Å²) in [5.74, 6) is 0.416. The molecule has 0 bridgehead atoms. The van der Waals surface area contributed by atoms with Crippen molar-refractivity contribution >= 4 is 11.9 Å². The molecule has 34 heavy (non-hydrogen) atoms. The zero-order valence-electron chi connectivity index (χ0n) is 22.2. The van der Waals surface area contributed by atoms with E-state index in [1.807, 2.05) is 6.08 Å². The van der Waals surface area contributed by atoms with E-state index in [9.17, 15) is 14.7 Å². The molecule has 4 nitrogen and oxygen atoms in total. The first-order valence-electron chi connectivity index (χ1n) is 13.3. The molecule has 0 aliphatic heterocycles. The monoisotopic (exact) mass is 470 g/mol. The Morgan fingerprint density at radius 2 is 1.85 bits per heavy atom. The van der Waals surface area contributed by atoms with Gasteiger partial charge in [0.2, 0.25) is 0 Å². The maximum Gasteiger partial charge on any atom is 0.330 e. The van der Waals surface area contributed by atoms with Gasteiger partial charge in [0.15, 0.2) is 0 Å². The lowest BCUT2D eigenvalue weighted by Crippen LogP contribution is -2.52. The van der Waals surface area contributed by atoms with E-state index < -0.39 is 11.9 Å². The summed E-state index contributed by atoms with van der Waals surface area (Å²) in [6.07, 6.45) is 12.9. The molecule has 4 heteroatoms. The molecule has 0 spiro atoms. The Hall–Kier alpha value is -1.84. The Kier molecular flexibility index (Phi) is 7.60. The number of aliphatic carboxylic acids is 2. The molecule has 2 N–H and O–H groups in total. The van der Waals surface area contributed by atoms with Gasteiger partial charge in [-0.3, -0.25) is 4.79 Å². The first kappa shape index (κ1) is 26.8. The number of carboxylic acid groups (broad SMARTS) is 2. The summed E-state index contributed by atoms with van der Waals surface area (Å²) >= 11 is 0. The third-order valence-electron chi connectivity index (χ3n) is 10.7. The van der Waals surface area contributed by atoms with Gasteiger partial charge in [0.25, 0.3) is 0 Å². The van der Waals surface area contributed by atoms with Crippen molar-refractivity contribution in [2.45, 2.75) is 99.3 Å². The Morgan fingerprint density at radius 3 is 2.44 bits per heavy atom. The van der Waals surface area contributed by atoms with E-state index in [0.717, 1.165) is 25.7 Å². The number of hydrogen-bond acceptors (Lipinski definition) is 2. The summed E-state index contributed by atoms with van der Waals surface area (Å²) in [6.45, 7) is 17.8. The second-order valence-electron chi connectivity index (χ2n) is 12.4. The minimum Gasteiger partial charge on any atom is -0.481 e. The predicted molar refractivity (Wildman–Crippen MR) is 137 cm³/mol. The normalized spacial score (nSPS) is 38.5. The number of rotatable bonds is 9. The minimum absolute atomic E-state index is 0.0541. The smallest absolute Gasteiger partial charge is 0.330 e. The molecule has 1 unspecified atom stereocenters. The minimum atomic E-state index is -0.824. The molecule has 3 rings (SSSR count). The summed E-state index contributed by atoms with van der Waals surface area (Å²) in [6, 6.07) is 0. The van der Waals surface area contributed by atoms with Gasteiger partial charge in [-0.05, 0) is 105 Å². The molecule has 3 aliphatic rings. The van der Waals surface area contributed by atoms with Gasteiger partial charge in [-0.25, -0.2) is 4.79 Å². The Morgan fingerprint density at radius 1 is 1.18 bits per heavy atom. The highest BCUT2D eigenvalue weighted by atomic mass is 16.4. The third kappa shape index (κ3) is 4.42. The quantitative estimate of drug-likeness (QED) is 0.268. The van der Waals surface area contributed by atoms with Crippen LogP contribution in [0.5, 0.6) is 0 Å². The second-order valence-corrected chi connectivity index (χ2v) is 12.4. The highest BCUT2D eigenvalue weighted by molar-refractivity contribution is 5.85. The third-order valence-corrected chi connectivity index (χ3v) is 10.7. The molecular formula is C30H46O4. The topological polar surface area (TPSA) is 74.6 Å². The predicted octanol–water partition coefficient (Wildman–Crippen LogP) is 7.66. The molecule has 2 fully saturated rings. The van der Waals surface area contributed by atoms with E-state index in [-0.39, 0.29) is 22.7 Å². The van der Waals surface area contributed by atoms with Crippen molar-refractivity contribution in [2.75, 3.05) is 0 Å². The Bertz CT molecular complexity index is 897. The van der Waals surface area contributed by atoms with Gasteiger partial charge < -0.3 is 10.2 Å². The molecule has 7 atom stereocenters. The highest BCUT2D eigenvalue weighted by Crippen LogP contribution is 2.71. The number of carboxylic acids is 2. The van der Waals surface area contributed by atoms with Crippen LogP contribution in [0.3, 0.4) is 0 Å². The molecule has 0 radical (unpaired) electrons. The van der Waals surface area contributed by atoms with E-state index in [1.54, 1.807) is 12.5 Å². The van der Waals surface area contributed by atoms with Gasteiger partial charge in [0.05, 0.1) is 0 Å². The van der Waals surface area contributed by atoms with E-state index in [0.29, 0.717) is 35.7 Å². The molecular weight excluding hydrogens is 424 g/mol. The molecule has 0 saturated heterocycles. The van der Waals surface area contributed by atoms with Gasteiger partial charge in [-0.1, -0.05) is 57.6 Å². The van der Waals surface area contributed by atoms with Crippen LogP contribution in [0, 0.1) is 39.9 Å². The van der Waals surface area contributed by atoms with Crippen LogP contribution >= 0.6 is 0 Å². The van der Waals surface area contributed by atoms with Crippen LogP contribution in [-0.2, 0) is 9.59 Å². The SMILES string of the molecule is C=C(C)C1CC=C2[C@@H](CC[C@]3(C)[C@@H]([C@H](C)CCC=C(C)C(=O)O)CC[C@@]23C)[C@@]1(C)CCC(=O)O. The molecule has 0 aromatic carbocycles. The second kappa shape index (κ2) is 9.66. The van der Waals surface area contributed by atoms with Crippen LogP contribution in [0.1, 0.15) is 99.3 Å². The zero-order chi connectivity index (χ0) is 25.5. The van der Waals surface area contributed by atoms with Crippen LogP contribution in [0.25, 0.3) is 0 Å². The molecule has 2 saturated carbocycles. The lowest BCUT2D eigenvalue weighted by Gasteiger charge is -2.60. The lowest BCUT2D eigenvalue weighted by atomic mass is 9.44. The first-order chi connectivity index (χ1) is 15.8. The maximum absolute atomic E-state index is 11.5. The van der Waals surface area contributed by atoms with Crippen molar-refractivity contribution in [3.63, 3.8) is 0 Å². The largest absolute Gasteiger partial charge is 0.481 e. The van der Waals surface area contributed by atoms with Crippen molar-refractivity contribution in [3.05, 3.63) is 35.5 Å². The van der Waals surface area contributed by atoms with E-state index in [4.69, 9.17) is 5.11 Å². The van der Waals surface area contributed by atoms with Crippen LogP contribution in [-0.4, -0.2) is 22.2 Å². The molecule has 0 aromatic rings. The van der Waals surface area contributed by atoms with Gasteiger partial charge in [0, 0.05) is 12.0 Å². The van der Waals surface area contributed by atoms with Crippen molar-refractivity contribution in [2.24, 2.45) is 39.9 Å². The van der Waals surface area contributed by atoms with E-state index in [1.165, 1.54) is 24.8 Å². The molecule has 3 aliphatic carbocycles. The van der Waals surface area contributed by atoms with Crippen LogP contribution in [0.15, 0.2) is 35.5 Å².